The maximum atomic E-state index is 13.6. The quantitative estimate of drug-likeness (QED) is 0.476. The predicted octanol–water partition coefficient (Wildman–Crippen LogP) is 4.32. The van der Waals surface area contributed by atoms with Crippen LogP contribution in [-0.4, -0.2) is 25.1 Å². The molecule has 0 radical (unpaired) electrons. The molecule has 31 heavy (non-hydrogen) atoms. The van der Waals surface area contributed by atoms with E-state index < -0.39 is 11.9 Å². The van der Waals surface area contributed by atoms with E-state index in [4.69, 9.17) is 13.9 Å². The van der Waals surface area contributed by atoms with Gasteiger partial charge >= 0.3 is 0 Å². The molecule has 5 rings (SSSR count). The Hall–Kier alpha value is -3.65. The summed E-state index contributed by atoms with van der Waals surface area (Å²) in [6.07, 6.45) is 1.62. The molecule has 2 aromatic carbocycles. The second-order valence-corrected chi connectivity index (χ2v) is 8.05. The lowest BCUT2D eigenvalue weighted by Crippen LogP contribution is -2.29. The average molecular weight is 434 g/mol. The highest BCUT2D eigenvalue weighted by Gasteiger charge is 2.46. The molecule has 0 N–H and O–H groups in total. The number of amides is 1. The van der Waals surface area contributed by atoms with E-state index >= 15 is 0 Å². The van der Waals surface area contributed by atoms with E-state index in [9.17, 15) is 9.59 Å². The number of anilines is 1. The number of methoxy groups -OCH3 is 2. The molecule has 4 aromatic rings. The van der Waals surface area contributed by atoms with Gasteiger partial charge in [-0.05, 0) is 37.3 Å². The molecule has 1 aliphatic rings. The number of benzene rings is 2. The Labute approximate surface area is 181 Å². The van der Waals surface area contributed by atoms with Crippen molar-refractivity contribution >= 4 is 33.3 Å². The van der Waals surface area contributed by atoms with Crippen LogP contribution in [-0.2, 0) is 0 Å². The molecule has 8 heteroatoms. The van der Waals surface area contributed by atoms with Crippen LogP contribution in [0, 0.1) is 6.92 Å². The molecule has 0 bridgehead atoms. The molecule has 156 valence electrons. The van der Waals surface area contributed by atoms with E-state index in [2.05, 4.69) is 4.98 Å². The molecule has 0 saturated heterocycles. The van der Waals surface area contributed by atoms with Gasteiger partial charge in [0.15, 0.2) is 10.6 Å². The second-order valence-electron chi connectivity index (χ2n) is 7.17. The molecule has 2 aromatic heterocycles. The van der Waals surface area contributed by atoms with Gasteiger partial charge in [-0.1, -0.05) is 11.6 Å². The Morgan fingerprint density at radius 3 is 2.65 bits per heavy atom. The van der Waals surface area contributed by atoms with Crippen LogP contribution >= 0.6 is 11.3 Å². The molecule has 1 aliphatic heterocycles. The zero-order valence-corrected chi connectivity index (χ0v) is 17.9. The van der Waals surface area contributed by atoms with Crippen LogP contribution in [0.2, 0.25) is 0 Å². The summed E-state index contributed by atoms with van der Waals surface area (Å²) in [6.45, 7) is 1.90. The van der Waals surface area contributed by atoms with E-state index in [1.807, 2.05) is 13.0 Å². The summed E-state index contributed by atoms with van der Waals surface area (Å²) in [5.74, 6) is 0.708. The topological polar surface area (TPSA) is 81.9 Å². The first-order valence-corrected chi connectivity index (χ1v) is 10.4. The van der Waals surface area contributed by atoms with Crippen molar-refractivity contribution in [3.05, 3.63) is 80.6 Å². The number of carbonyl (C=O) groups is 1. The number of hydrogen-bond donors (Lipinski definition) is 0. The third-order valence-electron chi connectivity index (χ3n) is 5.38. The van der Waals surface area contributed by atoms with E-state index in [0.29, 0.717) is 33.2 Å². The number of thiazole rings is 1. The summed E-state index contributed by atoms with van der Waals surface area (Å²) < 4.78 is 16.9. The van der Waals surface area contributed by atoms with Gasteiger partial charge in [0.1, 0.15) is 23.1 Å². The fourth-order valence-electron chi connectivity index (χ4n) is 3.97. The molecule has 0 fully saturated rings. The van der Waals surface area contributed by atoms with Crippen molar-refractivity contribution in [2.45, 2.75) is 13.0 Å². The zero-order valence-electron chi connectivity index (χ0n) is 17.0. The van der Waals surface area contributed by atoms with Gasteiger partial charge in [0, 0.05) is 17.1 Å². The Kier molecular flexibility index (Phi) is 4.51. The largest absolute Gasteiger partial charge is 0.497 e. The second kappa shape index (κ2) is 7.24. The average Bonchev–Trinajstić information content (AvgIpc) is 3.40. The van der Waals surface area contributed by atoms with E-state index in [1.165, 1.54) is 16.2 Å². The summed E-state index contributed by atoms with van der Waals surface area (Å²) >= 11 is 1.31. The summed E-state index contributed by atoms with van der Waals surface area (Å²) in [7, 11) is 3.10. The molecule has 0 saturated carbocycles. The molecular weight excluding hydrogens is 416 g/mol. The molecule has 1 unspecified atom stereocenters. The first-order chi connectivity index (χ1) is 15.0. The highest BCUT2D eigenvalue weighted by atomic mass is 32.1. The van der Waals surface area contributed by atoms with Gasteiger partial charge in [0.05, 0.1) is 25.2 Å². The molecular formula is C23H18N2O5S. The van der Waals surface area contributed by atoms with Gasteiger partial charge in [-0.3, -0.25) is 14.5 Å². The molecule has 0 spiro atoms. The Bertz CT molecular complexity index is 1380. The number of ether oxygens (including phenoxy) is 2. The molecule has 0 aliphatic carbocycles. The maximum absolute atomic E-state index is 13.6. The molecule has 7 nitrogen and oxygen atoms in total. The van der Waals surface area contributed by atoms with Crippen molar-refractivity contribution in [1.82, 2.24) is 4.98 Å². The Balaban J connectivity index is 1.86. The number of rotatable bonds is 4. The van der Waals surface area contributed by atoms with Crippen LogP contribution in [0.3, 0.4) is 0 Å². The lowest BCUT2D eigenvalue weighted by atomic mass is 9.97. The maximum Gasteiger partial charge on any atom is 0.297 e. The molecule has 3 heterocycles. The van der Waals surface area contributed by atoms with Gasteiger partial charge in [0.25, 0.3) is 5.91 Å². The standard InChI is InChI=1S/C23H18N2O5S/c1-12-4-6-17-15(10-12)20(26)18-19(14-11-13(28-2)5-7-16(14)29-3)25(22(27)21(18)30-17)23-24-8-9-31-23/h4-11,19H,1-3H3. The van der Waals surface area contributed by atoms with Crippen LogP contribution < -0.4 is 19.8 Å². The van der Waals surface area contributed by atoms with E-state index in [-0.39, 0.29) is 16.8 Å². The summed E-state index contributed by atoms with van der Waals surface area (Å²) in [5, 5.41) is 2.67. The number of aryl methyl sites for hydroxylation is 1. The van der Waals surface area contributed by atoms with Crippen molar-refractivity contribution in [2.24, 2.45) is 0 Å². The SMILES string of the molecule is COc1ccc(OC)c(C2c3c(oc4ccc(C)cc4c3=O)C(=O)N2c2nccs2)c1. The van der Waals surface area contributed by atoms with Gasteiger partial charge in [0.2, 0.25) is 5.76 Å². The van der Waals surface area contributed by atoms with Gasteiger partial charge < -0.3 is 13.9 Å². The normalized spacial score (nSPS) is 15.4. The van der Waals surface area contributed by atoms with Crippen molar-refractivity contribution in [1.29, 1.82) is 0 Å². The zero-order chi connectivity index (χ0) is 21.7. The van der Waals surface area contributed by atoms with Gasteiger partial charge in [-0.2, -0.15) is 0 Å². The summed E-state index contributed by atoms with van der Waals surface area (Å²) in [6, 6.07) is 9.86. The van der Waals surface area contributed by atoms with Crippen LogP contribution in [0.15, 0.2) is 57.2 Å². The van der Waals surface area contributed by atoms with Crippen LogP contribution in [0.5, 0.6) is 11.5 Å². The Morgan fingerprint density at radius 1 is 1.10 bits per heavy atom. The van der Waals surface area contributed by atoms with Crippen molar-refractivity contribution in [2.75, 3.05) is 19.1 Å². The van der Waals surface area contributed by atoms with Gasteiger partial charge in [-0.15, -0.1) is 11.3 Å². The third-order valence-corrected chi connectivity index (χ3v) is 6.15. The minimum Gasteiger partial charge on any atom is -0.497 e. The van der Waals surface area contributed by atoms with Crippen LogP contribution in [0.4, 0.5) is 5.13 Å². The number of nitrogens with zero attached hydrogens (tertiary/aromatic N) is 2. The van der Waals surface area contributed by atoms with Gasteiger partial charge in [-0.25, -0.2) is 4.98 Å². The first kappa shape index (κ1) is 19.3. The molecule has 1 atom stereocenters. The fourth-order valence-corrected chi connectivity index (χ4v) is 4.63. The highest BCUT2D eigenvalue weighted by Crippen LogP contribution is 2.45. The Morgan fingerprint density at radius 2 is 1.94 bits per heavy atom. The number of aromatic nitrogens is 1. The highest BCUT2D eigenvalue weighted by molar-refractivity contribution is 7.13. The number of hydrogen-bond acceptors (Lipinski definition) is 7. The summed E-state index contributed by atoms with van der Waals surface area (Å²) in [4.78, 5) is 32.9. The van der Waals surface area contributed by atoms with Crippen LogP contribution in [0.25, 0.3) is 11.0 Å². The monoisotopic (exact) mass is 434 g/mol. The van der Waals surface area contributed by atoms with E-state index in [0.717, 1.165) is 5.56 Å². The van der Waals surface area contributed by atoms with Crippen molar-refractivity contribution in [3.8, 4) is 11.5 Å². The third kappa shape index (κ3) is 2.90. The number of carbonyl (C=O) groups excluding carboxylic acids is 1. The minimum atomic E-state index is -0.764. The van der Waals surface area contributed by atoms with E-state index in [1.54, 1.807) is 56.1 Å². The summed E-state index contributed by atoms with van der Waals surface area (Å²) in [5.41, 5.74) is 1.94. The predicted molar refractivity (Wildman–Crippen MR) is 118 cm³/mol. The fraction of sp³-hybridized carbons (Fsp3) is 0.174. The first-order valence-electron chi connectivity index (χ1n) is 9.56. The van der Waals surface area contributed by atoms with Crippen molar-refractivity contribution < 1.29 is 18.7 Å². The smallest absolute Gasteiger partial charge is 0.297 e. The molecule has 1 amide bonds. The van der Waals surface area contributed by atoms with Crippen molar-refractivity contribution in [3.63, 3.8) is 0 Å². The van der Waals surface area contributed by atoms with Crippen LogP contribution in [0.1, 0.15) is 33.3 Å². The lowest BCUT2D eigenvalue weighted by molar-refractivity contribution is 0.0970. The minimum absolute atomic E-state index is 0.0198. The lowest BCUT2D eigenvalue weighted by Gasteiger charge is -2.24. The number of fused-ring (bicyclic) bond motifs is 2.